The van der Waals surface area contributed by atoms with Gasteiger partial charge in [-0.05, 0) is 51.4 Å². The molecule has 7 heteroatoms. The summed E-state index contributed by atoms with van der Waals surface area (Å²) in [6.07, 6.45) is 0.603. The minimum atomic E-state index is -2.94. The van der Waals surface area contributed by atoms with Crippen LogP contribution in [0.5, 0.6) is 0 Å². The number of hydrogen-bond donors (Lipinski definition) is 2. The van der Waals surface area contributed by atoms with Crippen molar-refractivity contribution in [3.63, 3.8) is 0 Å². The van der Waals surface area contributed by atoms with Crippen molar-refractivity contribution >= 4 is 26.6 Å². The van der Waals surface area contributed by atoms with E-state index in [1.165, 1.54) is 10.9 Å². The van der Waals surface area contributed by atoms with Crippen LogP contribution >= 0.6 is 0 Å². The Hall–Kier alpha value is -1.86. The average Bonchev–Trinajstić information content (AvgIpc) is 3.06. The quantitative estimate of drug-likeness (QED) is 0.833. The molecule has 0 saturated carbocycles. The number of carbonyl (C=O) groups is 1. The number of H-pyrrole nitrogens is 1. The monoisotopic (exact) mass is 377 g/mol. The van der Waals surface area contributed by atoms with Crippen molar-refractivity contribution in [2.45, 2.75) is 39.8 Å². The third-order valence-electron chi connectivity index (χ3n) is 5.34. The fourth-order valence-corrected chi connectivity index (χ4v) is 5.46. The van der Waals surface area contributed by atoms with Crippen LogP contribution in [0.15, 0.2) is 12.1 Å². The molecule has 0 bridgehead atoms. The highest BCUT2D eigenvalue weighted by Crippen LogP contribution is 2.26. The lowest BCUT2D eigenvalue weighted by molar-refractivity contribution is -0.122. The largest absolute Gasteiger partial charge is 0.358 e. The van der Waals surface area contributed by atoms with Crippen molar-refractivity contribution in [1.82, 2.24) is 15.2 Å². The van der Waals surface area contributed by atoms with Crippen LogP contribution < -0.4 is 5.32 Å². The number of fused-ring (bicyclic) bond motifs is 1. The van der Waals surface area contributed by atoms with Gasteiger partial charge in [0.1, 0.15) is 0 Å². The Kier molecular flexibility index (Phi) is 5.12. The molecule has 1 fully saturated rings. The molecule has 1 atom stereocenters. The molecule has 1 amide bonds. The summed E-state index contributed by atoms with van der Waals surface area (Å²) < 4.78 is 23.2. The predicted molar refractivity (Wildman–Crippen MR) is 104 cm³/mol. The smallest absolute Gasteiger partial charge is 0.234 e. The number of rotatable bonds is 5. The van der Waals surface area contributed by atoms with Gasteiger partial charge in [-0.3, -0.25) is 9.69 Å². The average molecular weight is 378 g/mol. The molecule has 0 radical (unpaired) electrons. The first-order valence-electron chi connectivity index (χ1n) is 8.92. The number of nitrogens with zero attached hydrogens (tertiary/aromatic N) is 1. The summed E-state index contributed by atoms with van der Waals surface area (Å²) in [5, 5.41) is 4.17. The van der Waals surface area contributed by atoms with E-state index in [2.05, 4.69) is 43.2 Å². The third kappa shape index (κ3) is 3.94. The van der Waals surface area contributed by atoms with E-state index in [1.807, 2.05) is 11.9 Å². The van der Waals surface area contributed by atoms with Gasteiger partial charge in [-0.25, -0.2) is 8.42 Å². The van der Waals surface area contributed by atoms with Crippen LogP contribution in [0.2, 0.25) is 0 Å². The third-order valence-corrected chi connectivity index (χ3v) is 7.09. The first kappa shape index (κ1) is 18.9. The number of sulfone groups is 1. The van der Waals surface area contributed by atoms with E-state index in [9.17, 15) is 13.2 Å². The van der Waals surface area contributed by atoms with Crippen LogP contribution in [0.1, 0.15) is 28.8 Å². The number of likely N-dealkylation sites (N-methyl/N-ethyl adjacent to an activating group) is 1. The van der Waals surface area contributed by atoms with E-state index in [1.54, 1.807) is 0 Å². The second-order valence-corrected chi connectivity index (χ2v) is 9.70. The van der Waals surface area contributed by atoms with Crippen LogP contribution in [0.25, 0.3) is 10.9 Å². The number of benzene rings is 1. The van der Waals surface area contributed by atoms with Gasteiger partial charge in [-0.1, -0.05) is 11.6 Å². The first-order chi connectivity index (χ1) is 12.2. The minimum Gasteiger partial charge on any atom is -0.358 e. The molecule has 2 aromatic rings. The van der Waals surface area contributed by atoms with Crippen molar-refractivity contribution in [3.8, 4) is 0 Å². The van der Waals surface area contributed by atoms with Crippen LogP contribution in [-0.4, -0.2) is 55.3 Å². The molecule has 142 valence electrons. The van der Waals surface area contributed by atoms with Gasteiger partial charge >= 0.3 is 0 Å². The van der Waals surface area contributed by atoms with Crippen molar-refractivity contribution in [3.05, 3.63) is 34.5 Å². The van der Waals surface area contributed by atoms with Gasteiger partial charge in [0.15, 0.2) is 9.84 Å². The standard InChI is InChI=1S/C19H27N3O3S/c1-12-7-15(19-17(8-12)13(2)14(3)21-19)9-20-18(23)10-22(4)16-5-6-26(24,25)11-16/h7-8,16,21H,5-6,9-11H2,1-4H3,(H,20,23)/t16-/m0/s1. The molecule has 6 nitrogen and oxygen atoms in total. The van der Waals surface area contributed by atoms with Crippen LogP contribution in [0, 0.1) is 20.8 Å². The Morgan fingerprint density at radius 1 is 1.31 bits per heavy atom. The van der Waals surface area contributed by atoms with Gasteiger partial charge in [-0.2, -0.15) is 0 Å². The molecule has 3 rings (SSSR count). The summed E-state index contributed by atoms with van der Waals surface area (Å²) in [6.45, 7) is 6.87. The molecule has 2 N–H and O–H groups in total. The normalized spacial score (nSPS) is 19.3. The lowest BCUT2D eigenvalue weighted by Crippen LogP contribution is -2.41. The highest BCUT2D eigenvalue weighted by atomic mass is 32.2. The number of aromatic amines is 1. The fourth-order valence-electron chi connectivity index (χ4n) is 3.66. The molecule has 1 aliphatic rings. The lowest BCUT2D eigenvalue weighted by atomic mass is 10.0. The second-order valence-electron chi connectivity index (χ2n) is 7.47. The first-order valence-corrected chi connectivity index (χ1v) is 10.7. The van der Waals surface area contributed by atoms with Gasteiger partial charge in [0.2, 0.25) is 5.91 Å². The molecule has 2 heterocycles. The Balaban J connectivity index is 1.65. The highest BCUT2D eigenvalue weighted by molar-refractivity contribution is 7.91. The van der Waals surface area contributed by atoms with Crippen LogP contribution in [0.3, 0.4) is 0 Å². The zero-order valence-electron chi connectivity index (χ0n) is 15.8. The number of aromatic nitrogens is 1. The SMILES string of the molecule is Cc1cc(CNC(=O)CN(C)[C@H]2CCS(=O)(=O)C2)c2[nH]c(C)c(C)c2c1. The van der Waals surface area contributed by atoms with Crippen molar-refractivity contribution in [2.75, 3.05) is 25.1 Å². The van der Waals surface area contributed by atoms with E-state index >= 15 is 0 Å². The minimum absolute atomic E-state index is 0.0647. The molecular weight excluding hydrogens is 350 g/mol. The maximum atomic E-state index is 12.3. The zero-order chi connectivity index (χ0) is 19.1. The lowest BCUT2D eigenvalue weighted by Gasteiger charge is -2.22. The fraction of sp³-hybridized carbons (Fsp3) is 0.526. The van der Waals surface area contributed by atoms with Gasteiger partial charge in [-0.15, -0.1) is 0 Å². The number of carbonyl (C=O) groups excluding carboxylic acids is 1. The molecule has 1 aliphatic heterocycles. The Bertz CT molecular complexity index is 947. The van der Waals surface area contributed by atoms with Gasteiger partial charge in [0, 0.05) is 23.7 Å². The Morgan fingerprint density at radius 3 is 2.69 bits per heavy atom. The second kappa shape index (κ2) is 7.04. The topological polar surface area (TPSA) is 82.3 Å². The molecule has 26 heavy (non-hydrogen) atoms. The molecular formula is C19H27N3O3S. The van der Waals surface area contributed by atoms with Crippen molar-refractivity contribution in [2.24, 2.45) is 0 Å². The predicted octanol–water partition coefficient (Wildman–Crippen LogP) is 1.83. The molecule has 0 unspecified atom stereocenters. The van der Waals surface area contributed by atoms with E-state index in [-0.39, 0.29) is 30.0 Å². The van der Waals surface area contributed by atoms with E-state index in [0.29, 0.717) is 13.0 Å². The number of aryl methyl sites for hydroxylation is 3. The van der Waals surface area contributed by atoms with E-state index in [4.69, 9.17) is 0 Å². The van der Waals surface area contributed by atoms with Gasteiger partial charge in [0.25, 0.3) is 0 Å². The van der Waals surface area contributed by atoms with E-state index in [0.717, 1.165) is 22.3 Å². The summed E-state index contributed by atoms with van der Waals surface area (Å²) >= 11 is 0. The summed E-state index contributed by atoms with van der Waals surface area (Å²) in [6, 6.07) is 4.18. The van der Waals surface area contributed by atoms with Crippen molar-refractivity contribution in [1.29, 1.82) is 0 Å². The summed E-state index contributed by atoms with van der Waals surface area (Å²) in [5.41, 5.74) is 5.67. The number of amides is 1. The maximum absolute atomic E-state index is 12.3. The number of hydrogen-bond acceptors (Lipinski definition) is 4. The van der Waals surface area contributed by atoms with Crippen molar-refractivity contribution < 1.29 is 13.2 Å². The molecule has 0 aliphatic carbocycles. The van der Waals surface area contributed by atoms with Gasteiger partial charge < -0.3 is 10.3 Å². The molecule has 1 aromatic heterocycles. The Labute approximate surface area is 154 Å². The zero-order valence-corrected chi connectivity index (χ0v) is 16.7. The summed E-state index contributed by atoms with van der Waals surface area (Å²) in [7, 11) is -1.13. The summed E-state index contributed by atoms with van der Waals surface area (Å²) in [4.78, 5) is 17.6. The maximum Gasteiger partial charge on any atom is 0.234 e. The molecule has 1 aromatic carbocycles. The molecule has 0 spiro atoms. The van der Waals surface area contributed by atoms with Crippen LogP contribution in [-0.2, 0) is 21.2 Å². The number of nitrogens with one attached hydrogen (secondary N) is 2. The Morgan fingerprint density at radius 2 is 2.04 bits per heavy atom. The summed E-state index contributed by atoms with van der Waals surface area (Å²) in [5.74, 6) is 0.277. The van der Waals surface area contributed by atoms with Gasteiger partial charge in [0.05, 0.1) is 23.6 Å². The van der Waals surface area contributed by atoms with Crippen LogP contribution in [0.4, 0.5) is 0 Å². The van der Waals surface area contributed by atoms with E-state index < -0.39 is 9.84 Å². The molecule has 1 saturated heterocycles. The highest BCUT2D eigenvalue weighted by Gasteiger charge is 2.31.